The quantitative estimate of drug-likeness (QED) is 0.0739. The summed E-state index contributed by atoms with van der Waals surface area (Å²) in [5, 5.41) is 7.87. The van der Waals surface area contributed by atoms with Gasteiger partial charge < -0.3 is 13.8 Å². The number of carbonyl (C=O) groups is 1. The summed E-state index contributed by atoms with van der Waals surface area (Å²) in [7, 11) is 5.93. The van der Waals surface area contributed by atoms with E-state index in [2.05, 4.69) is 20.2 Å². The topological polar surface area (TPSA) is 82.8 Å². The summed E-state index contributed by atoms with van der Waals surface area (Å²) < 4.78 is 103. The average molecular weight is 662 g/mol. The van der Waals surface area contributed by atoms with Crippen LogP contribution < -0.4 is 0 Å². The molecule has 3 heterocycles. The molecule has 5 rings (SSSR count). The third kappa shape index (κ3) is 7.73. The maximum atomic E-state index is 14.4. The second kappa shape index (κ2) is 12.7. The summed E-state index contributed by atoms with van der Waals surface area (Å²) in [6.07, 6.45) is -6.62. The third-order valence-electron chi connectivity index (χ3n) is 7.14. The Morgan fingerprint density at radius 1 is 0.851 bits per heavy atom. The van der Waals surface area contributed by atoms with E-state index in [1.54, 1.807) is 12.1 Å². The van der Waals surface area contributed by atoms with E-state index < -0.39 is 46.9 Å². The summed E-state index contributed by atoms with van der Waals surface area (Å²) in [5.74, 6) is -1.16. The van der Waals surface area contributed by atoms with E-state index in [-0.39, 0.29) is 35.4 Å². The van der Waals surface area contributed by atoms with Crippen LogP contribution in [0.3, 0.4) is 0 Å². The number of halogens is 7. The van der Waals surface area contributed by atoms with Crippen molar-refractivity contribution in [3.8, 4) is 34.0 Å². The van der Waals surface area contributed by atoms with Crippen LogP contribution in [0.25, 0.3) is 34.0 Å². The van der Waals surface area contributed by atoms with Crippen LogP contribution in [0.4, 0.5) is 30.7 Å². The molecule has 0 bridgehead atoms. The molecule has 47 heavy (non-hydrogen) atoms. The minimum Gasteiger partial charge on any atom is -0.464 e. The molecule has 0 saturated carbocycles. The molecule has 8 nitrogen and oxygen atoms in total. The highest BCUT2D eigenvalue weighted by Gasteiger charge is 2.39. The van der Waals surface area contributed by atoms with E-state index in [0.717, 1.165) is 6.07 Å². The van der Waals surface area contributed by atoms with Gasteiger partial charge in [-0.2, -0.15) is 36.5 Å². The Balaban J connectivity index is 1.52. The molecule has 0 aliphatic carbocycles. The van der Waals surface area contributed by atoms with Crippen molar-refractivity contribution in [1.29, 1.82) is 0 Å². The highest BCUT2D eigenvalue weighted by Crippen LogP contribution is 2.40. The van der Waals surface area contributed by atoms with Crippen molar-refractivity contribution < 1.29 is 44.7 Å². The number of hydrogen-bond acceptors (Lipinski definition) is 6. The smallest absolute Gasteiger partial charge is 0.417 e. The number of ether oxygens (including phenoxy) is 1. The fourth-order valence-electron chi connectivity index (χ4n) is 4.85. The van der Waals surface area contributed by atoms with Gasteiger partial charge in [-0.15, -0.1) is 0 Å². The van der Waals surface area contributed by atoms with Gasteiger partial charge in [0, 0.05) is 24.4 Å². The highest BCUT2D eigenvalue weighted by molar-refractivity contribution is 5.78. The van der Waals surface area contributed by atoms with E-state index >= 15 is 0 Å². The summed E-state index contributed by atoms with van der Waals surface area (Å²) in [6, 6.07) is 9.82. The predicted molar refractivity (Wildman–Crippen MR) is 156 cm³/mol. The molecule has 3 aromatic rings. The molecule has 1 atom stereocenters. The number of quaternary nitrogens is 1. The number of carbonyl (C=O) groups excluding carboxylic acids is 1. The Morgan fingerprint density at radius 2 is 1.57 bits per heavy atom. The number of imidazole rings is 1. The van der Waals surface area contributed by atoms with Gasteiger partial charge in [-0.05, 0) is 42.5 Å². The van der Waals surface area contributed by atoms with E-state index in [1.807, 2.05) is 21.1 Å². The van der Waals surface area contributed by atoms with Gasteiger partial charge in [0.05, 0.1) is 68.1 Å². The molecule has 0 radical (unpaired) electrons. The van der Waals surface area contributed by atoms with Crippen molar-refractivity contribution in [2.24, 2.45) is 0 Å². The number of esters is 1. The van der Waals surface area contributed by atoms with Gasteiger partial charge in [-0.3, -0.25) is 0 Å². The zero-order valence-corrected chi connectivity index (χ0v) is 25.3. The average Bonchev–Trinajstić information content (AvgIpc) is 3.42. The zero-order valence-electron chi connectivity index (χ0n) is 25.3. The largest absolute Gasteiger partial charge is 0.464 e. The summed E-state index contributed by atoms with van der Waals surface area (Å²) in [6.45, 7) is 0.759. The maximum Gasteiger partial charge on any atom is 0.417 e. The Hall–Kier alpha value is -4.92. The van der Waals surface area contributed by atoms with Crippen molar-refractivity contribution in [3.63, 3.8) is 0 Å². The summed E-state index contributed by atoms with van der Waals surface area (Å²) >= 11 is 0. The van der Waals surface area contributed by atoms with Gasteiger partial charge in [-0.25, -0.2) is 19.2 Å². The molecule has 2 aliphatic heterocycles. The fourth-order valence-corrected chi connectivity index (χ4v) is 4.85. The Bertz CT molecular complexity index is 1850. The number of rotatable bonds is 9. The van der Waals surface area contributed by atoms with Crippen LogP contribution in [0.2, 0.25) is 0 Å². The van der Waals surface area contributed by atoms with Gasteiger partial charge in [0.25, 0.3) is 0 Å². The summed E-state index contributed by atoms with van der Waals surface area (Å²) in [5.41, 5.74) is -3.13. The highest BCUT2D eigenvalue weighted by atomic mass is 19.4. The minimum atomic E-state index is -5.12. The number of nitrogens with zero attached hydrogens (tertiary/aromatic N) is 6. The number of alkyl halides is 6. The maximum absolute atomic E-state index is 14.4. The minimum absolute atomic E-state index is 0.0168. The molecular formula is C32H28F7N6O2+. The van der Waals surface area contributed by atoms with Crippen molar-refractivity contribution in [3.05, 3.63) is 95.7 Å². The molecular weight excluding hydrogens is 633 g/mol. The van der Waals surface area contributed by atoms with Gasteiger partial charge in [0.1, 0.15) is 11.5 Å². The van der Waals surface area contributed by atoms with Crippen LogP contribution in [0.1, 0.15) is 29.3 Å². The van der Waals surface area contributed by atoms with E-state index in [0.29, 0.717) is 41.0 Å². The molecule has 0 spiro atoms. The van der Waals surface area contributed by atoms with E-state index in [1.165, 1.54) is 41.2 Å². The Morgan fingerprint density at radius 3 is 2.21 bits per heavy atom. The Labute approximate surface area is 264 Å². The van der Waals surface area contributed by atoms with Crippen LogP contribution in [-0.4, -0.2) is 69.5 Å². The lowest BCUT2D eigenvalue weighted by Gasteiger charge is -2.24. The van der Waals surface area contributed by atoms with Crippen molar-refractivity contribution >= 4 is 5.97 Å². The monoisotopic (exact) mass is 661 g/mol. The lowest BCUT2D eigenvalue weighted by atomic mass is 10.00. The van der Waals surface area contributed by atoms with Crippen LogP contribution in [0.5, 0.6) is 0 Å². The van der Waals surface area contributed by atoms with E-state index in [9.17, 15) is 35.5 Å². The van der Waals surface area contributed by atoms with Gasteiger partial charge >= 0.3 is 18.3 Å². The molecule has 0 saturated heterocycles. The summed E-state index contributed by atoms with van der Waals surface area (Å²) in [4.78, 5) is 22.3. The molecule has 15 heteroatoms. The second-order valence-corrected chi connectivity index (χ2v) is 11.7. The SMILES string of the molecule is C[N+](C)(C)CCCOC(=O)C(c1ccc(-c2ccc(C(F)(F)F)cc2C(F)(F)F)nn1)n1ccc2nc(-c3ccccc3F)nc-2c1. The van der Waals surface area contributed by atoms with Crippen LogP contribution in [-0.2, 0) is 21.9 Å². The molecule has 1 unspecified atom stereocenters. The number of pyridine rings is 1. The lowest BCUT2D eigenvalue weighted by molar-refractivity contribution is -0.870. The molecule has 1 aromatic heterocycles. The molecule has 0 N–H and O–H groups in total. The van der Waals surface area contributed by atoms with Crippen molar-refractivity contribution in [1.82, 2.24) is 24.7 Å². The number of fused-ring (bicyclic) bond motifs is 1. The standard InChI is InChI=1S/C32H28F7N6O2/c1-45(2,3)15-6-16-47-30(46)28(44-14-13-25-27(18-44)41-29(40-25)21-7-4-5-8-23(21)33)26-12-11-24(42-43-26)20-10-9-19(31(34,35)36)17-22(20)32(37,38)39/h4-5,7-14,17-18,28H,6,15-16H2,1-3H3/q+1. The predicted octanol–water partition coefficient (Wildman–Crippen LogP) is 6.91. The first kappa shape index (κ1) is 33.4. The normalized spacial score (nSPS) is 13.1. The van der Waals surface area contributed by atoms with Gasteiger partial charge in [-0.1, -0.05) is 18.2 Å². The van der Waals surface area contributed by atoms with Crippen molar-refractivity contribution in [2.75, 3.05) is 34.3 Å². The van der Waals surface area contributed by atoms with Crippen LogP contribution in [0, 0.1) is 5.82 Å². The first-order chi connectivity index (χ1) is 22.0. The molecule has 0 amide bonds. The van der Waals surface area contributed by atoms with Gasteiger partial charge in [0.2, 0.25) is 0 Å². The first-order valence-corrected chi connectivity index (χ1v) is 14.2. The van der Waals surface area contributed by atoms with Crippen molar-refractivity contribution in [2.45, 2.75) is 24.8 Å². The van der Waals surface area contributed by atoms with E-state index in [4.69, 9.17) is 4.74 Å². The lowest BCUT2D eigenvalue weighted by Crippen LogP contribution is -2.36. The second-order valence-electron chi connectivity index (χ2n) is 11.7. The molecule has 246 valence electrons. The molecule has 0 fully saturated rings. The fraction of sp³-hybridized carbons (Fsp3) is 0.281. The van der Waals surface area contributed by atoms with Gasteiger partial charge in [0.15, 0.2) is 11.9 Å². The number of benzene rings is 2. The van der Waals surface area contributed by atoms with Crippen LogP contribution >= 0.6 is 0 Å². The third-order valence-corrected chi connectivity index (χ3v) is 7.14. The molecule has 2 aliphatic rings. The number of hydrogen-bond donors (Lipinski definition) is 0. The molecule has 2 aromatic carbocycles. The first-order valence-electron chi connectivity index (χ1n) is 14.2. The Kier molecular flexibility index (Phi) is 9.04. The zero-order chi connectivity index (χ0) is 34.1. The number of aromatic nitrogens is 5. The van der Waals surface area contributed by atoms with Crippen LogP contribution in [0.15, 0.2) is 73.1 Å².